The van der Waals surface area contributed by atoms with Gasteiger partial charge in [-0.05, 0) is 11.1 Å². The van der Waals surface area contributed by atoms with Crippen LogP contribution in [0.2, 0.25) is 0 Å². The number of rotatable bonds is 4. The zero-order valence-corrected chi connectivity index (χ0v) is 24.0. The molecule has 2 heterocycles. The van der Waals surface area contributed by atoms with E-state index in [2.05, 4.69) is 41.7 Å². The summed E-state index contributed by atoms with van der Waals surface area (Å²) in [7, 11) is 0. The number of carbonyl (C=O) groups is 6. The van der Waals surface area contributed by atoms with E-state index < -0.39 is 0 Å². The first kappa shape index (κ1) is 32.5. The Kier molecular flexibility index (Phi) is 13.7. The molecule has 14 heteroatoms. The summed E-state index contributed by atoms with van der Waals surface area (Å²) in [5.41, 5.74) is 2.08. The normalized spacial score (nSPS) is 20.5. The second-order valence-corrected chi connectivity index (χ2v) is 10.3. The van der Waals surface area contributed by atoms with E-state index in [1.54, 1.807) is 0 Å². The van der Waals surface area contributed by atoms with Crippen molar-refractivity contribution in [1.82, 2.24) is 41.7 Å². The van der Waals surface area contributed by atoms with Crippen LogP contribution in [0.25, 0.3) is 0 Å². The predicted molar refractivity (Wildman–Crippen MR) is 154 cm³/mol. The quantitative estimate of drug-likeness (QED) is 0.211. The average Bonchev–Trinajstić information content (AvgIpc) is 2.95. The topological polar surface area (TPSA) is 181 Å². The second-order valence-electron chi connectivity index (χ2n) is 10.3. The fourth-order valence-electron chi connectivity index (χ4n) is 4.56. The van der Waals surface area contributed by atoms with Gasteiger partial charge in [-0.25, -0.2) is 0 Å². The zero-order chi connectivity index (χ0) is 30.2. The average molecular weight is 587 g/mol. The van der Waals surface area contributed by atoms with Gasteiger partial charge in [0.15, 0.2) is 0 Å². The van der Waals surface area contributed by atoms with Gasteiger partial charge in [0.25, 0.3) is 0 Å². The summed E-state index contributed by atoms with van der Waals surface area (Å²) >= 11 is 0. The van der Waals surface area contributed by atoms with E-state index in [-0.39, 0.29) is 61.4 Å². The fraction of sp³-hybridized carbons (Fsp3) is 0.571. The van der Waals surface area contributed by atoms with Crippen molar-refractivity contribution in [2.45, 2.75) is 38.8 Å². The largest absolute Gasteiger partial charge is 0.354 e. The first-order valence-electron chi connectivity index (χ1n) is 14.4. The summed E-state index contributed by atoms with van der Waals surface area (Å²) in [4.78, 5) is 76.3. The molecule has 2 aliphatic heterocycles. The van der Waals surface area contributed by atoms with Crippen molar-refractivity contribution >= 4 is 35.4 Å². The monoisotopic (exact) mass is 586 g/mol. The van der Waals surface area contributed by atoms with Crippen LogP contribution >= 0.6 is 0 Å². The number of amides is 6. The Balaban J connectivity index is 1.57. The highest BCUT2D eigenvalue weighted by molar-refractivity contribution is 5.97. The minimum absolute atomic E-state index is 0.101. The Morgan fingerprint density at radius 1 is 0.429 bits per heavy atom. The Bertz CT molecular complexity index is 1010. The van der Waals surface area contributed by atoms with E-state index in [1.165, 1.54) is 0 Å². The summed E-state index contributed by atoms with van der Waals surface area (Å²) in [5.74, 6) is -1.64. The summed E-state index contributed by atoms with van der Waals surface area (Å²) in [6, 6.07) is 8.06. The number of hydrogen-bond acceptors (Lipinski definition) is 8. The van der Waals surface area contributed by atoms with E-state index in [9.17, 15) is 28.8 Å². The van der Waals surface area contributed by atoms with Crippen LogP contribution in [0.15, 0.2) is 24.3 Å². The van der Waals surface area contributed by atoms with Crippen molar-refractivity contribution in [3.63, 3.8) is 0 Å². The van der Waals surface area contributed by atoms with Crippen molar-refractivity contribution in [2.75, 3.05) is 65.4 Å². The van der Waals surface area contributed by atoms with E-state index in [0.29, 0.717) is 78.3 Å². The number of carbonyl (C=O) groups excluding carboxylic acids is 6. The van der Waals surface area contributed by atoms with Crippen molar-refractivity contribution in [2.24, 2.45) is 0 Å². The minimum Gasteiger partial charge on any atom is -0.354 e. The molecule has 14 nitrogen and oxygen atoms in total. The van der Waals surface area contributed by atoms with Gasteiger partial charge in [-0.15, -0.1) is 0 Å². The zero-order valence-electron chi connectivity index (χ0n) is 24.0. The van der Waals surface area contributed by atoms with E-state index in [0.717, 1.165) is 11.1 Å². The molecular weight excluding hydrogens is 544 g/mol. The molecule has 1 aromatic carbocycles. The van der Waals surface area contributed by atoms with Crippen LogP contribution in [0.3, 0.4) is 0 Å². The van der Waals surface area contributed by atoms with E-state index >= 15 is 0 Å². The summed E-state index contributed by atoms with van der Waals surface area (Å²) < 4.78 is 0. The molecule has 6 amide bonds. The maximum absolute atomic E-state index is 12.2. The molecule has 0 unspecified atom stereocenters. The lowest BCUT2D eigenvalue weighted by Crippen LogP contribution is -2.41. The lowest BCUT2D eigenvalue weighted by Gasteiger charge is -2.24. The summed E-state index contributed by atoms with van der Waals surface area (Å²) in [5, 5.41) is 16.3. The van der Waals surface area contributed by atoms with Gasteiger partial charge < -0.3 is 31.9 Å². The number of nitrogens with one attached hydrogen (secondary N) is 6. The highest BCUT2D eigenvalue weighted by atomic mass is 16.2. The molecule has 0 aliphatic carbocycles. The van der Waals surface area contributed by atoms with Crippen LogP contribution in [0.4, 0.5) is 0 Å². The van der Waals surface area contributed by atoms with Gasteiger partial charge in [0.1, 0.15) is 12.8 Å². The standard InChI is InChI=1S/C28H42N8O6/c37-23-5-13-35(15-11-33-27(41)17-25(39)31-9-7-29-23)19-21-1-2-22(4-3-21)20-36-14-6-24(38)30-8-10-32-26(40)18-28(42)34-12-16-36/h1-4H,5-20H2,(H,29,37)(H,30,38)(H,31,39)(H,32,40)(H,33,41)(H,34,42). The Labute approximate surface area is 245 Å². The maximum atomic E-state index is 12.2. The molecular formula is C28H42N8O6. The molecule has 0 atom stereocenters. The van der Waals surface area contributed by atoms with E-state index in [4.69, 9.17) is 0 Å². The van der Waals surface area contributed by atoms with Crippen LogP contribution in [0, 0.1) is 0 Å². The van der Waals surface area contributed by atoms with E-state index in [1.807, 2.05) is 24.3 Å². The lowest BCUT2D eigenvalue weighted by molar-refractivity contribution is -0.131. The van der Waals surface area contributed by atoms with Crippen molar-refractivity contribution in [1.29, 1.82) is 0 Å². The molecule has 0 bridgehead atoms. The molecule has 2 aliphatic rings. The summed E-state index contributed by atoms with van der Waals surface area (Å²) in [6.07, 6.45) is 0.0920. The van der Waals surface area contributed by atoms with Gasteiger partial charge >= 0.3 is 0 Å². The molecule has 42 heavy (non-hydrogen) atoms. The van der Waals surface area contributed by atoms with Gasteiger partial charge in [-0.1, -0.05) is 24.3 Å². The molecule has 230 valence electrons. The Morgan fingerprint density at radius 2 is 0.738 bits per heavy atom. The van der Waals surface area contributed by atoms with Crippen LogP contribution in [0.1, 0.15) is 36.8 Å². The maximum Gasteiger partial charge on any atom is 0.229 e. The molecule has 0 aromatic heterocycles. The summed E-state index contributed by atoms with van der Waals surface area (Å²) in [6.45, 7) is 5.08. The van der Waals surface area contributed by atoms with Crippen LogP contribution in [0.5, 0.6) is 0 Å². The Hall–Kier alpha value is -4.04. The van der Waals surface area contributed by atoms with Crippen LogP contribution < -0.4 is 31.9 Å². The smallest absolute Gasteiger partial charge is 0.229 e. The molecule has 0 radical (unpaired) electrons. The minimum atomic E-state index is -0.378. The third-order valence-electron chi connectivity index (χ3n) is 6.83. The van der Waals surface area contributed by atoms with Gasteiger partial charge in [0.2, 0.25) is 35.4 Å². The van der Waals surface area contributed by atoms with Gasteiger partial charge in [0.05, 0.1) is 0 Å². The molecule has 2 fully saturated rings. The highest BCUT2D eigenvalue weighted by Crippen LogP contribution is 2.11. The third-order valence-corrected chi connectivity index (χ3v) is 6.83. The Morgan fingerprint density at radius 3 is 1.10 bits per heavy atom. The predicted octanol–water partition coefficient (Wildman–Crippen LogP) is -2.42. The second kappa shape index (κ2) is 17.7. The number of nitrogens with zero attached hydrogens (tertiary/aromatic N) is 2. The third kappa shape index (κ3) is 13.1. The van der Waals surface area contributed by atoms with Gasteiger partial charge in [-0.2, -0.15) is 0 Å². The molecule has 3 rings (SSSR count). The highest BCUT2D eigenvalue weighted by Gasteiger charge is 2.15. The van der Waals surface area contributed by atoms with Crippen molar-refractivity contribution < 1.29 is 28.8 Å². The van der Waals surface area contributed by atoms with Gasteiger partial charge in [-0.3, -0.25) is 38.6 Å². The number of hydrogen-bond donors (Lipinski definition) is 6. The first-order chi connectivity index (χ1) is 20.3. The SMILES string of the molecule is O=C1CCN(Cc2ccc(CN3CCNC(=O)CC(=O)NCCNC(=O)CC3)cc2)CCNC(=O)CC(=O)NCCN1. The van der Waals surface area contributed by atoms with Crippen LogP contribution in [-0.4, -0.2) is 111 Å². The van der Waals surface area contributed by atoms with Crippen molar-refractivity contribution in [3.05, 3.63) is 35.4 Å². The van der Waals surface area contributed by atoms with Gasteiger partial charge in [0, 0.05) is 91.4 Å². The van der Waals surface area contributed by atoms with Crippen molar-refractivity contribution in [3.8, 4) is 0 Å². The molecule has 1 aromatic rings. The molecule has 0 spiro atoms. The molecule has 2 saturated heterocycles. The fourth-order valence-corrected chi connectivity index (χ4v) is 4.56. The molecule has 6 N–H and O–H groups in total. The lowest BCUT2D eigenvalue weighted by atomic mass is 10.1. The first-order valence-corrected chi connectivity index (χ1v) is 14.4. The molecule has 0 saturated carbocycles. The number of benzene rings is 1. The van der Waals surface area contributed by atoms with Crippen LogP contribution in [-0.2, 0) is 41.9 Å².